The fourth-order valence-corrected chi connectivity index (χ4v) is 4.26. The van der Waals surface area contributed by atoms with Crippen LogP contribution in [0.1, 0.15) is 16.8 Å². The number of benzene rings is 2. The van der Waals surface area contributed by atoms with E-state index in [1.807, 2.05) is 47.8 Å². The Morgan fingerprint density at radius 1 is 1.12 bits per heavy atom. The number of hydrogen-bond donors (Lipinski definition) is 1. The lowest BCUT2D eigenvalue weighted by molar-refractivity contribution is -0.118. The number of carbonyl (C=O) groups excluding carboxylic acids is 1. The molecule has 0 aliphatic carbocycles. The maximum absolute atomic E-state index is 11.8. The number of pyridine rings is 1. The number of fused-ring (bicyclic) bond motifs is 1. The van der Waals surface area contributed by atoms with Gasteiger partial charge >= 0.3 is 0 Å². The molecule has 0 spiro atoms. The highest BCUT2D eigenvalue weighted by Gasteiger charge is 2.18. The molecule has 0 fully saturated rings. The first-order chi connectivity index (χ1) is 16.1. The number of amides is 1. The molecule has 1 aliphatic rings. The van der Waals surface area contributed by atoms with Gasteiger partial charge in [-0.15, -0.1) is 11.3 Å². The third kappa shape index (κ3) is 4.47. The van der Waals surface area contributed by atoms with Crippen LogP contribution in [-0.2, 0) is 4.79 Å². The molecule has 0 saturated heterocycles. The van der Waals surface area contributed by atoms with Crippen molar-refractivity contribution in [3.8, 4) is 17.0 Å². The molecular weight excluding hydrogens is 434 g/mol. The summed E-state index contributed by atoms with van der Waals surface area (Å²) in [7, 11) is 0. The van der Waals surface area contributed by atoms with E-state index in [4.69, 9.17) is 14.8 Å². The summed E-state index contributed by atoms with van der Waals surface area (Å²) in [4.78, 5) is 21.7. The van der Waals surface area contributed by atoms with Crippen LogP contribution >= 0.6 is 11.3 Å². The van der Waals surface area contributed by atoms with Crippen LogP contribution in [0.15, 0.2) is 76.3 Å². The lowest BCUT2D eigenvalue weighted by Gasteiger charge is -2.18. The molecule has 0 atom stereocenters. The SMILES string of the molecule is Cc1ccc(N=c2scc(-c3ccc4c(c3)NC(=O)CO4)n2N=Cc2ccccn2)cc1C. The van der Waals surface area contributed by atoms with E-state index in [9.17, 15) is 4.79 Å². The molecule has 4 aromatic rings. The van der Waals surface area contributed by atoms with Gasteiger partial charge in [-0.2, -0.15) is 5.10 Å². The number of carbonyl (C=O) groups is 1. The van der Waals surface area contributed by atoms with Crippen LogP contribution in [0.4, 0.5) is 11.4 Å². The number of aromatic nitrogens is 2. The van der Waals surface area contributed by atoms with Gasteiger partial charge in [0.2, 0.25) is 4.80 Å². The molecule has 8 heteroatoms. The van der Waals surface area contributed by atoms with E-state index < -0.39 is 0 Å². The Balaban J connectivity index is 1.63. The highest BCUT2D eigenvalue weighted by atomic mass is 32.1. The summed E-state index contributed by atoms with van der Waals surface area (Å²) in [6.07, 6.45) is 3.44. The molecule has 7 nitrogen and oxygen atoms in total. The quantitative estimate of drug-likeness (QED) is 0.454. The Morgan fingerprint density at radius 3 is 2.85 bits per heavy atom. The second-order valence-corrected chi connectivity index (χ2v) is 8.48. The minimum absolute atomic E-state index is 0.0260. The van der Waals surface area contributed by atoms with Gasteiger partial charge in [0, 0.05) is 17.1 Å². The summed E-state index contributed by atoms with van der Waals surface area (Å²) in [5.74, 6) is 0.480. The zero-order valence-electron chi connectivity index (χ0n) is 18.1. The van der Waals surface area contributed by atoms with Crippen LogP contribution in [-0.4, -0.2) is 28.4 Å². The van der Waals surface area contributed by atoms with Gasteiger partial charge < -0.3 is 10.1 Å². The zero-order chi connectivity index (χ0) is 22.8. The van der Waals surface area contributed by atoms with Crippen LogP contribution < -0.4 is 14.9 Å². The molecule has 0 radical (unpaired) electrons. The van der Waals surface area contributed by atoms with Gasteiger partial charge in [0.25, 0.3) is 5.91 Å². The van der Waals surface area contributed by atoms with E-state index in [1.165, 1.54) is 22.5 Å². The smallest absolute Gasteiger partial charge is 0.262 e. The molecule has 33 heavy (non-hydrogen) atoms. The Kier molecular flexibility index (Phi) is 5.58. The Hall–Kier alpha value is -4.04. The molecular formula is C25H21N5O2S. The van der Waals surface area contributed by atoms with E-state index in [1.54, 1.807) is 17.1 Å². The predicted octanol–water partition coefficient (Wildman–Crippen LogP) is 4.67. The van der Waals surface area contributed by atoms with Gasteiger partial charge in [0.05, 0.1) is 29.0 Å². The lowest BCUT2D eigenvalue weighted by atomic mass is 10.1. The van der Waals surface area contributed by atoms with Crippen molar-refractivity contribution in [2.45, 2.75) is 13.8 Å². The Morgan fingerprint density at radius 2 is 2.03 bits per heavy atom. The van der Waals surface area contributed by atoms with Gasteiger partial charge in [0.15, 0.2) is 6.61 Å². The summed E-state index contributed by atoms with van der Waals surface area (Å²) in [6.45, 7) is 4.18. The highest BCUT2D eigenvalue weighted by molar-refractivity contribution is 7.07. The maximum Gasteiger partial charge on any atom is 0.262 e. The van der Waals surface area contributed by atoms with Crippen LogP contribution in [0.3, 0.4) is 0 Å². The van der Waals surface area contributed by atoms with Crippen molar-refractivity contribution in [3.05, 3.63) is 87.8 Å². The van der Waals surface area contributed by atoms with Crippen LogP contribution in [0.5, 0.6) is 5.75 Å². The van der Waals surface area contributed by atoms with E-state index in [-0.39, 0.29) is 12.5 Å². The number of aryl methyl sites for hydroxylation is 2. The summed E-state index contributed by atoms with van der Waals surface area (Å²) in [5.41, 5.74) is 6.38. The third-order valence-electron chi connectivity index (χ3n) is 5.30. The minimum Gasteiger partial charge on any atom is -0.482 e. The number of nitrogens with zero attached hydrogens (tertiary/aromatic N) is 4. The largest absolute Gasteiger partial charge is 0.482 e. The van der Waals surface area contributed by atoms with Crippen LogP contribution in [0, 0.1) is 13.8 Å². The molecule has 5 rings (SSSR count). The molecule has 1 amide bonds. The third-order valence-corrected chi connectivity index (χ3v) is 6.12. The fourth-order valence-electron chi connectivity index (χ4n) is 3.40. The molecule has 1 aliphatic heterocycles. The van der Waals surface area contributed by atoms with E-state index in [0.717, 1.165) is 27.4 Å². The monoisotopic (exact) mass is 455 g/mol. The standard InChI is InChI=1S/C25H21N5O2S/c1-16-6-8-19(11-17(16)2)28-25-30(27-13-20-5-3-4-10-26-20)22(15-33-25)18-7-9-23-21(12-18)29-24(31)14-32-23/h3-13,15H,14H2,1-2H3,(H,29,31). The number of anilines is 1. The topological polar surface area (TPSA) is 80.9 Å². The van der Waals surface area contributed by atoms with Crippen molar-refractivity contribution in [2.75, 3.05) is 11.9 Å². The van der Waals surface area contributed by atoms with E-state index in [0.29, 0.717) is 11.4 Å². The number of ether oxygens (including phenoxy) is 1. The molecule has 2 aromatic heterocycles. The Bertz CT molecular complexity index is 1440. The average Bonchev–Trinajstić information content (AvgIpc) is 3.22. The minimum atomic E-state index is -0.170. The molecule has 2 aromatic carbocycles. The van der Waals surface area contributed by atoms with Gasteiger partial charge in [0.1, 0.15) is 5.75 Å². The molecule has 3 heterocycles. The zero-order valence-corrected chi connectivity index (χ0v) is 19.0. The number of rotatable bonds is 4. The summed E-state index contributed by atoms with van der Waals surface area (Å²) < 4.78 is 7.29. The first kappa shape index (κ1) is 20.8. The molecule has 0 bridgehead atoms. The molecule has 164 valence electrons. The van der Waals surface area contributed by atoms with Crippen molar-refractivity contribution in [2.24, 2.45) is 10.1 Å². The molecule has 1 N–H and O–H groups in total. The average molecular weight is 456 g/mol. The highest BCUT2D eigenvalue weighted by Crippen LogP contribution is 2.33. The van der Waals surface area contributed by atoms with Crippen molar-refractivity contribution in [1.29, 1.82) is 0 Å². The van der Waals surface area contributed by atoms with Crippen molar-refractivity contribution < 1.29 is 9.53 Å². The van der Waals surface area contributed by atoms with Gasteiger partial charge in [-0.1, -0.05) is 12.1 Å². The molecule has 0 saturated carbocycles. The second-order valence-electron chi connectivity index (χ2n) is 7.64. The normalized spacial score (nSPS) is 13.6. The van der Waals surface area contributed by atoms with Crippen molar-refractivity contribution >= 4 is 34.8 Å². The van der Waals surface area contributed by atoms with Gasteiger partial charge in [-0.25, -0.2) is 9.67 Å². The number of thiazole rings is 1. The van der Waals surface area contributed by atoms with Crippen LogP contribution in [0.2, 0.25) is 0 Å². The van der Waals surface area contributed by atoms with Crippen LogP contribution in [0.25, 0.3) is 11.3 Å². The first-order valence-electron chi connectivity index (χ1n) is 10.4. The molecule has 0 unspecified atom stereocenters. The number of nitrogens with one attached hydrogen (secondary N) is 1. The van der Waals surface area contributed by atoms with E-state index >= 15 is 0 Å². The van der Waals surface area contributed by atoms with Crippen molar-refractivity contribution in [1.82, 2.24) is 9.66 Å². The summed E-state index contributed by atoms with van der Waals surface area (Å²) in [5, 5.41) is 9.57. The van der Waals surface area contributed by atoms with Gasteiger partial charge in [-0.3, -0.25) is 9.78 Å². The van der Waals surface area contributed by atoms with Crippen molar-refractivity contribution in [3.63, 3.8) is 0 Å². The summed E-state index contributed by atoms with van der Waals surface area (Å²) in [6, 6.07) is 17.5. The number of hydrogen-bond acceptors (Lipinski definition) is 6. The van der Waals surface area contributed by atoms with Gasteiger partial charge in [-0.05, 0) is 67.4 Å². The predicted molar refractivity (Wildman–Crippen MR) is 130 cm³/mol. The summed E-state index contributed by atoms with van der Waals surface area (Å²) >= 11 is 1.49. The maximum atomic E-state index is 11.8. The second kappa shape index (κ2) is 8.84. The first-order valence-corrected chi connectivity index (χ1v) is 11.3. The van der Waals surface area contributed by atoms with E-state index in [2.05, 4.69) is 36.3 Å². The fraction of sp³-hybridized carbons (Fsp3) is 0.120. The Labute approximate surface area is 194 Å². The lowest BCUT2D eigenvalue weighted by Crippen LogP contribution is -2.25.